The van der Waals surface area contributed by atoms with E-state index >= 15 is 0 Å². The third-order valence-electron chi connectivity index (χ3n) is 8.99. The van der Waals surface area contributed by atoms with Gasteiger partial charge in [-0.2, -0.15) is 0 Å². The molecule has 0 aliphatic rings. The average Bonchev–Trinajstić information content (AvgIpc) is 3.17. The molecule has 0 fully saturated rings. The van der Waals surface area contributed by atoms with Gasteiger partial charge in [0.25, 0.3) is 0 Å². The fourth-order valence-electron chi connectivity index (χ4n) is 6.34. The SMILES string of the molecule is C=Cc1c(C=C)c(-c2ccc(C(NC)SC)nc2)c2cc(-c3ccc(-c4ccccc4)cc3)ccc2c1C(/C=C\C(CC)CS/C=C\N)=C/N. The third kappa shape index (κ3) is 8.00. The number of hydrogen-bond donors (Lipinski definition) is 3. The number of nitrogens with zero attached hydrogens (tertiary/aromatic N) is 1. The van der Waals surface area contributed by atoms with E-state index in [2.05, 4.69) is 123 Å². The fraction of sp³-hybridized carbons (Fsp3) is 0.159. The quantitative estimate of drug-likeness (QED) is 0.0748. The number of hydrogen-bond acceptors (Lipinski definition) is 6. The number of benzene rings is 4. The molecule has 5 rings (SSSR count). The molecular weight excluding hydrogens is 649 g/mol. The highest BCUT2D eigenvalue weighted by molar-refractivity contribution is 8.02. The van der Waals surface area contributed by atoms with E-state index in [9.17, 15) is 0 Å². The first kappa shape index (κ1) is 36.5. The zero-order valence-electron chi connectivity index (χ0n) is 29.1. The second kappa shape index (κ2) is 17.8. The summed E-state index contributed by atoms with van der Waals surface area (Å²) >= 11 is 3.44. The van der Waals surface area contributed by atoms with Gasteiger partial charge in [-0.05, 0) is 104 Å². The molecule has 4 aromatic carbocycles. The fourth-order valence-corrected chi connectivity index (χ4v) is 7.77. The van der Waals surface area contributed by atoms with Crippen LogP contribution in [0.25, 0.3) is 61.9 Å². The Morgan fingerprint density at radius 3 is 2.08 bits per heavy atom. The van der Waals surface area contributed by atoms with Crippen LogP contribution in [0, 0.1) is 5.92 Å². The Labute approximate surface area is 306 Å². The predicted octanol–water partition coefficient (Wildman–Crippen LogP) is 11.1. The summed E-state index contributed by atoms with van der Waals surface area (Å²) in [5.74, 6) is 1.30. The summed E-state index contributed by atoms with van der Waals surface area (Å²) in [5.41, 5.74) is 23.7. The summed E-state index contributed by atoms with van der Waals surface area (Å²) in [6.07, 6.45) is 16.6. The number of thioether (sulfide) groups is 2. The van der Waals surface area contributed by atoms with Crippen molar-refractivity contribution in [2.45, 2.75) is 18.7 Å². The second-order valence-electron chi connectivity index (χ2n) is 11.9. The largest absolute Gasteiger partial charge is 0.404 e. The van der Waals surface area contributed by atoms with Gasteiger partial charge < -0.3 is 16.8 Å². The maximum atomic E-state index is 6.44. The van der Waals surface area contributed by atoms with Crippen LogP contribution in [-0.4, -0.2) is 24.0 Å². The highest BCUT2D eigenvalue weighted by atomic mass is 32.2. The summed E-state index contributed by atoms with van der Waals surface area (Å²) in [4.78, 5) is 4.92. The Bertz CT molecular complexity index is 2010. The lowest BCUT2D eigenvalue weighted by Crippen LogP contribution is -2.13. The summed E-state index contributed by atoms with van der Waals surface area (Å²) in [6.45, 7) is 10.8. The van der Waals surface area contributed by atoms with Crippen molar-refractivity contribution in [2.24, 2.45) is 17.4 Å². The molecule has 2 atom stereocenters. The zero-order chi connectivity index (χ0) is 35.5. The third-order valence-corrected chi connectivity index (χ3v) is 10.9. The van der Waals surface area contributed by atoms with Crippen LogP contribution in [0.1, 0.15) is 41.1 Å². The van der Waals surface area contributed by atoms with Crippen molar-refractivity contribution >= 4 is 52.0 Å². The van der Waals surface area contributed by atoms with E-state index in [1.807, 2.05) is 36.9 Å². The molecule has 0 amide bonds. The standard InChI is InChI=1S/C44H46N4S2/c1-6-30(29-50-25-24-45)14-15-35(27-46)42-37(7-2)38(8-3)43(36-21-23-41(48-28-36)44(47-4)49-5)40-26-34(20-22-39(40)42)33-18-16-32(17-19-33)31-12-10-9-11-13-31/h7-28,30,44,47H,2-3,6,29,45-46H2,1,4-5H3/b15-14-,25-24-,35-27+. The van der Waals surface area contributed by atoms with E-state index in [0.29, 0.717) is 5.92 Å². The normalized spacial score (nSPS) is 13.2. The Hall–Kier alpha value is -4.75. The van der Waals surface area contributed by atoms with Crippen LogP contribution >= 0.6 is 23.5 Å². The molecule has 4 nitrogen and oxygen atoms in total. The lowest BCUT2D eigenvalue weighted by Gasteiger charge is -2.22. The highest BCUT2D eigenvalue weighted by Gasteiger charge is 2.21. The van der Waals surface area contributed by atoms with Gasteiger partial charge in [0.15, 0.2) is 0 Å². The molecule has 1 heterocycles. The van der Waals surface area contributed by atoms with Crippen LogP contribution in [0.3, 0.4) is 0 Å². The topological polar surface area (TPSA) is 77.0 Å². The Morgan fingerprint density at radius 1 is 0.840 bits per heavy atom. The summed E-state index contributed by atoms with van der Waals surface area (Å²) in [6, 6.07) is 30.2. The molecule has 1 aromatic heterocycles. The summed E-state index contributed by atoms with van der Waals surface area (Å²) in [7, 11) is 1.96. The predicted molar refractivity (Wildman–Crippen MR) is 224 cm³/mol. The molecular formula is C44H46N4S2. The maximum absolute atomic E-state index is 6.44. The van der Waals surface area contributed by atoms with Crippen LogP contribution in [0.2, 0.25) is 0 Å². The van der Waals surface area contributed by atoms with Crippen LogP contribution in [0.15, 0.2) is 134 Å². The summed E-state index contributed by atoms with van der Waals surface area (Å²) < 4.78 is 0. The lowest BCUT2D eigenvalue weighted by molar-refractivity contribution is 0.711. The first-order chi connectivity index (χ1) is 24.5. The van der Waals surface area contributed by atoms with E-state index in [-0.39, 0.29) is 5.37 Å². The smallest absolute Gasteiger partial charge is 0.0956 e. The van der Waals surface area contributed by atoms with Gasteiger partial charge in [0.05, 0.1) is 11.1 Å². The molecule has 0 aliphatic carbocycles. The first-order valence-electron chi connectivity index (χ1n) is 16.8. The Kier molecular flexibility index (Phi) is 13.0. The van der Waals surface area contributed by atoms with Gasteiger partial charge in [0.1, 0.15) is 0 Å². The highest BCUT2D eigenvalue weighted by Crippen LogP contribution is 2.43. The summed E-state index contributed by atoms with van der Waals surface area (Å²) in [5, 5.41) is 7.56. The van der Waals surface area contributed by atoms with Gasteiger partial charge in [0.2, 0.25) is 0 Å². The van der Waals surface area contributed by atoms with Crippen molar-refractivity contribution in [3.05, 3.63) is 157 Å². The van der Waals surface area contributed by atoms with E-state index in [0.717, 1.165) is 73.2 Å². The minimum atomic E-state index is 0.108. The molecule has 50 heavy (non-hydrogen) atoms. The van der Waals surface area contributed by atoms with Crippen molar-refractivity contribution in [3.63, 3.8) is 0 Å². The van der Waals surface area contributed by atoms with Gasteiger partial charge in [-0.3, -0.25) is 4.98 Å². The molecule has 0 saturated carbocycles. The minimum absolute atomic E-state index is 0.108. The van der Waals surface area contributed by atoms with Crippen LogP contribution in [0.5, 0.6) is 0 Å². The van der Waals surface area contributed by atoms with Crippen molar-refractivity contribution < 1.29 is 0 Å². The first-order valence-corrected chi connectivity index (χ1v) is 19.1. The van der Waals surface area contributed by atoms with Gasteiger partial charge in [0, 0.05) is 29.9 Å². The number of aromatic nitrogens is 1. The number of nitrogens with two attached hydrogens (primary N) is 2. The van der Waals surface area contributed by atoms with Crippen molar-refractivity contribution in [1.82, 2.24) is 10.3 Å². The number of rotatable bonds is 15. The second-order valence-corrected chi connectivity index (χ2v) is 13.8. The molecule has 5 N–H and O–H groups in total. The molecule has 0 radical (unpaired) electrons. The van der Waals surface area contributed by atoms with Crippen LogP contribution < -0.4 is 16.8 Å². The molecule has 2 unspecified atom stereocenters. The molecule has 6 heteroatoms. The van der Waals surface area contributed by atoms with Crippen molar-refractivity contribution in [1.29, 1.82) is 0 Å². The van der Waals surface area contributed by atoms with Gasteiger partial charge in [-0.15, -0.1) is 23.5 Å². The number of allylic oxidation sites excluding steroid dienone is 3. The molecule has 0 saturated heterocycles. The number of fused-ring (bicyclic) bond motifs is 1. The van der Waals surface area contributed by atoms with E-state index in [1.165, 1.54) is 11.1 Å². The van der Waals surface area contributed by atoms with E-state index < -0.39 is 0 Å². The van der Waals surface area contributed by atoms with E-state index in [1.54, 1.807) is 35.9 Å². The zero-order valence-corrected chi connectivity index (χ0v) is 30.7. The molecule has 0 spiro atoms. The van der Waals surface area contributed by atoms with Gasteiger partial charge in [-0.25, -0.2) is 0 Å². The molecule has 5 aromatic rings. The monoisotopic (exact) mass is 694 g/mol. The number of nitrogens with one attached hydrogen (secondary N) is 1. The molecule has 0 aliphatic heterocycles. The number of pyridine rings is 1. The van der Waals surface area contributed by atoms with Crippen molar-refractivity contribution in [3.8, 4) is 33.4 Å². The van der Waals surface area contributed by atoms with Gasteiger partial charge in [-0.1, -0.05) is 117 Å². The van der Waals surface area contributed by atoms with E-state index in [4.69, 9.17) is 16.5 Å². The Morgan fingerprint density at radius 2 is 1.50 bits per heavy atom. The minimum Gasteiger partial charge on any atom is -0.404 e. The molecule has 0 bridgehead atoms. The van der Waals surface area contributed by atoms with Crippen LogP contribution in [-0.2, 0) is 0 Å². The van der Waals surface area contributed by atoms with Gasteiger partial charge >= 0.3 is 0 Å². The Balaban J connectivity index is 1.73. The molecule has 254 valence electrons. The van der Waals surface area contributed by atoms with Crippen molar-refractivity contribution in [2.75, 3.05) is 19.1 Å². The van der Waals surface area contributed by atoms with Crippen LogP contribution in [0.4, 0.5) is 0 Å². The lowest BCUT2D eigenvalue weighted by atomic mass is 9.82. The average molecular weight is 695 g/mol. The maximum Gasteiger partial charge on any atom is 0.0956 e.